The number of aliphatic hydroxyl groups is 1. The smallest absolute Gasteiger partial charge is 0.0682 e. The van der Waals surface area contributed by atoms with Gasteiger partial charge in [-0.1, -0.05) is 11.6 Å². The van der Waals surface area contributed by atoms with Crippen LogP contribution in [0.15, 0.2) is 29.6 Å². The van der Waals surface area contributed by atoms with Gasteiger partial charge in [-0.25, -0.2) is 0 Å². The minimum Gasteiger partial charge on any atom is -0.392 e. The first-order chi connectivity index (χ1) is 7.19. The zero-order chi connectivity index (χ0) is 10.8. The van der Waals surface area contributed by atoms with Crippen LogP contribution in [0.4, 0.5) is 0 Å². The summed E-state index contributed by atoms with van der Waals surface area (Å²) >= 11 is 7.67. The van der Waals surface area contributed by atoms with Crippen molar-refractivity contribution in [3.63, 3.8) is 0 Å². The van der Waals surface area contributed by atoms with Crippen molar-refractivity contribution in [2.45, 2.75) is 13.5 Å². The predicted octanol–water partition coefficient (Wildman–Crippen LogP) is 3.87. The second kappa shape index (κ2) is 4.35. The molecule has 0 saturated heterocycles. The molecule has 0 atom stereocenters. The van der Waals surface area contributed by atoms with E-state index in [2.05, 4.69) is 18.4 Å². The number of aryl methyl sites for hydroxylation is 1. The summed E-state index contributed by atoms with van der Waals surface area (Å²) in [6.45, 7) is 2.09. The lowest BCUT2D eigenvalue weighted by atomic mass is 10.1. The average Bonchev–Trinajstić information content (AvgIpc) is 2.64. The number of hydrogen-bond acceptors (Lipinski definition) is 2. The molecule has 0 amide bonds. The van der Waals surface area contributed by atoms with E-state index in [1.165, 1.54) is 10.4 Å². The predicted molar refractivity (Wildman–Crippen MR) is 65.4 cm³/mol. The Bertz CT molecular complexity index is 476. The lowest BCUT2D eigenvalue weighted by molar-refractivity contribution is 0.282. The van der Waals surface area contributed by atoms with E-state index in [9.17, 15) is 0 Å². The Hall–Kier alpha value is -0.830. The van der Waals surface area contributed by atoms with E-state index in [-0.39, 0.29) is 6.61 Å². The van der Waals surface area contributed by atoms with Crippen LogP contribution in [0.1, 0.15) is 11.1 Å². The zero-order valence-corrected chi connectivity index (χ0v) is 9.90. The van der Waals surface area contributed by atoms with Crippen LogP contribution in [0, 0.1) is 6.92 Å². The van der Waals surface area contributed by atoms with Gasteiger partial charge < -0.3 is 5.11 Å². The largest absolute Gasteiger partial charge is 0.392 e. The van der Waals surface area contributed by atoms with Crippen molar-refractivity contribution in [3.8, 4) is 10.4 Å². The van der Waals surface area contributed by atoms with Gasteiger partial charge in [-0.15, -0.1) is 11.3 Å². The average molecular weight is 239 g/mol. The zero-order valence-electron chi connectivity index (χ0n) is 8.33. The summed E-state index contributed by atoms with van der Waals surface area (Å²) in [4.78, 5) is 1.18. The normalized spacial score (nSPS) is 10.6. The standard InChI is InChI=1S/C12H11ClOS/c1-8-2-12(15-7-8)10-3-9(6-14)4-11(13)5-10/h2-5,7,14H,6H2,1H3. The highest BCUT2D eigenvalue weighted by Crippen LogP contribution is 2.30. The Morgan fingerprint density at radius 3 is 2.67 bits per heavy atom. The Balaban J connectivity index is 2.48. The molecular weight excluding hydrogens is 228 g/mol. The summed E-state index contributed by atoms with van der Waals surface area (Å²) in [7, 11) is 0. The summed E-state index contributed by atoms with van der Waals surface area (Å²) in [5, 5.41) is 11.9. The molecule has 15 heavy (non-hydrogen) atoms. The first-order valence-electron chi connectivity index (χ1n) is 4.65. The number of aliphatic hydroxyl groups excluding tert-OH is 1. The van der Waals surface area contributed by atoms with Crippen molar-refractivity contribution in [2.75, 3.05) is 0 Å². The van der Waals surface area contributed by atoms with E-state index >= 15 is 0 Å². The molecule has 2 aromatic rings. The number of rotatable bonds is 2. The van der Waals surface area contributed by atoms with Gasteiger partial charge in [0.15, 0.2) is 0 Å². The maximum absolute atomic E-state index is 9.08. The van der Waals surface area contributed by atoms with E-state index in [0.717, 1.165) is 11.1 Å². The molecule has 2 rings (SSSR count). The number of hydrogen-bond donors (Lipinski definition) is 1. The molecule has 0 aliphatic rings. The Labute approximate surface area is 98.0 Å². The van der Waals surface area contributed by atoms with Crippen LogP contribution in [0.25, 0.3) is 10.4 Å². The third-order valence-corrected chi connectivity index (χ3v) is 3.47. The molecule has 78 valence electrons. The quantitative estimate of drug-likeness (QED) is 0.842. The van der Waals surface area contributed by atoms with Gasteiger partial charge in [-0.05, 0) is 53.3 Å². The van der Waals surface area contributed by atoms with E-state index in [1.807, 2.05) is 12.1 Å². The van der Waals surface area contributed by atoms with Gasteiger partial charge in [0.05, 0.1) is 6.61 Å². The summed E-state index contributed by atoms with van der Waals surface area (Å²) in [6, 6.07) is 7.80. The van der Waals surface area contributed by atoms with Crippen LogP contribution in [-0.2, 0) is 6.61 Å². The van der Waals surface area contributed by atoms with Crippen molar-refractivity contribution in [1.29, 1.82) is 0 Å². The van der Waals surface area contributed by atoms with Crippen molar-refractivity contribution in [1.82, 2.24) is 0 Å². The monoisotopic (exact) mass is 238 g/mol. The SMILES string of the molecule is Cc1csc(-c2cc(Cl)cc(CO)c2)c1. The van der Waals surface area contributed by atoms with Gasteiger partial charge in [0.2, 0.25) is 0 Å². The first kappa shape index (κ1) is 10.7. The second-order valence-electron chi connectivity index (χ2n) is 3.49. The maximum atomic E-state index is 9.08. The third kappa shape index (κ3) is 2.40. The summed E-state index contributed by atoms with van der Waals surface area (Å²) in [5.74, 6) is 0. The third-order valence-electron chi connectivity index (χ3n) is 2.16. The highest BCUT2D eigenvalue weighted by Gasteiger charge is 2.03. The summed E-state index contributed by atoms with van der Waals surface area (Å²) in [6.07, 6.45) is 0. The van der Waals surface area contributed by atoms with Crippen molar-refractivity contribution >= 4 is 22.9 Å². The fourth-order valence-corrected chi connectivity index (χ4v) is 2.61. The Morgan fingerprint density at radius 1 is 1.27 bits per heavy atom. The first-order valence-corrected chi connectivity index (χ1v) is 5.90. The Kier molecular flexibility index (Phi) is 3.10. The molecule has 0 aliphatic carbocycles. The molecule has 0 aliphatic heterocycles. The van der Waals surface area contributed by atoms with E-state index in [1.54, 1.807) is 17.4 Å². The molecule has 0 radical (unpaired) electrons. The number of thiophene rings is 1. The van der Waals surface area contributed by atoms with Crippen molar-refractivity contribution in [2.24, 2.45) is 0 Å². The molecule has 0 spiro atoms. The highest BCUT2D eigenvalue weighted by molar-refractivity contribution is 7.13. The molecule has 0 unspecified atom stereocenters. The molecule has 1 heterocycles. The van der Waals surface area contributed by atoms with Crippen LogP contribution in [0.5, 0.6) is 0 Å². The van der Waals surface area contributed by atoms with Crippen LogP contribution in [0.3, 0.4) is 0 Å². The second-order valence-corrected chi connectivity index (χ2v) is 4.84. The Morgan fingerprint density at radius 2 is 2.07 bits per heavy atom. The molecule has 1 N–H and O–H groups in total. The lowest BCUT2D eigenvalue weighted by Gasteiger charge is -2.02. The molecule has 1 aromatic heterocycles. The molecular formula is C12H11ClOS. The number of benzene rings is 1. The topological polar surface area (TPSA) is 20.2 Å². The molecule has 1 nitrogen and oxygen atoms in total. The van der Waals surface area contributed by atoms with Gasteiger partial charge in [0.25, 0.3) is 0 Å². The maximum Gasteiger partial charge on any atom is 0.0682 e. The lowest BCUT2D eigenvalue weighted by Crippen LogP contribution is -1.84. The van der Waals surface area contributed by atoms with Gasteiger partial charge in [0.1, 0.15) is 0 Å². The molecule has 3 heteroatoms. The van der Waals surface area contributed by atoms with Crippen LogP contribution >= 0.6 is 22.9 Å². The van der Waals surface area contributed by atoms with E-state index in [0.29, 0.717) is 5.02 Å². The fourth-order valence-electron chi connectivity index (χ4n) is 1.47. The molecule has 0 bridgehead atoms. The van der Waals surface area contributed by atoms with Crippen LogP contribution in [-0.4, -0.2) is 5.11 Å². The van der Waals surface area contributed by atoms with Gasteiger partial charge in [0, 0.05) is 9.90 Å². The van der Waals surface area contributed by atoms with Gasteiger partial charge in [-0.3, -0.25) is 0 Å². The minimum absolute atomic E-state index is 0.0257. The summed E-state index contributed by atoms with van der Waals surface area (Å²) in [5.41, 5.74) is 3.17. The van der Waals surface area contributed by atoms with Gasteiger partial charge >= 0.3 is 0 Å². The van der Waals surface area contributed by atoms with E-state index < -0.39 is 0 Å². The number of halogens is 1. The molecule has 0 saturated carbocycles. The molecule has 1 aromatic carbocycles. The summed E-state index contributed by atoms with van der Waals surface area (Å²) < 4.78 is 0. The van der Waals surface area contributed by atoms with Crippen molar-refractivity contribution < 1.29 is 5.11 Å². The van der Waals surface area contributed by atoms with Gasteiger partial charge in [-0.2, -0.15) is 0 Å². The highest BCUT2D eigenvalue weighted by atomic mass is 35.5. The van der Waals surface area contributed by atoms with E-state index in [4.69, 9.17) is 16.7 Å². The van der Waals surface area contributed by atoms with Crippen molar-refractivity contribution in [3.05, 3.63) is 45.8 Å². The van der Waals surface area contributed by atoms with Crippen LogP contribution in [0.2, 0.25) is 5.02 Å². The minimum atomic E-state index is 0.0257. The molecule has 0 fully saturated rings. The van der Waals surface area contributed by atoms with Crippen LogP contribution < -0.4 is 0 Å². The fraction of sp³-hybridized carbons (Fsp3) is 0.167.